The number of hydrogen-bond donors (Lipinski definition) is 2. The third-order valence-corrected chi connectivity index (χ3v) is 6.57. The predicted octanol–water partition coefficient (Wildman–Crippen LogP) is 4.25. The fraction of sp³-hybridized carbons (Fsp3) is 0.179. The molecule has 1 aliphatic heterocycles. The summed E-state index contributed by atoms with van der Waals surface area (Å²) in [4.78, 5) is 31.8. The van der Waals surface area contributed by atoms with Crippen LogP contribution in [0, 0.1) is 11.3 Å². The van der Waals surface area contributed by atoms with E-state index in [-0.39, 0.29) is 40.2 Å². The van der Waals surface area contributed by atoms with Crippen molar-refractivity contribution in [1.29, 1.82) is 5.26 Å². The predicted molar refractivity (Wildman–Crippen MR) is 143 cm³/mol. The van der Waals surface area contributed by atoms with Gasteiger partial charge in [-0.05, 0) is 42.5 Å². The molecule has 12 heteroatoms. The number of nitrogens with one attached hydrogen (secondary N) is 2. The van der Waals surface area contributed by atoms with Crippen LogP contribution < -0.4 is 20.3 Å². The van der Waals surface area contributed by atoms with E-state index in [1.807, 2.05) is 6.07 Å². The molecule has 2 N–H and O–H groups in total. The minimum absolute atomic E-state index is 0.152. The Morgan fingerprint density at radius 1 is 1.10 bits per heavy atom. The number of amides is 2. The van der Waals surface area contributed by atoms with Gasteiger partial charge in [-0.2, -0.15) is 19.1 Å². The summed E-state index contributed by atoms with van der Waals surface area (Å²) >= 11 is 0. The summed E-state index contributed by atoms with van der Waals surface area (Å²) < 4.78 is 37.0. The van der Waals surface area contributed by atoms with Crippen LogP contribution in [0.1, 0.15) is 37.5 Å². The van der Waals surface area contributed by atoms with Gasteiger partial charge in [0.1, 0.15) is 23.3 Å². The molecular weight excluding hydrogens is 520 g/mol. The molecule has 202 valence electrons. The maximum atomic E-state index is 15.2. The van der Waals surface area contributed by atoms with Crippen molar-refractivity contribution in [3.8, 4) is 11.8 Å². The van der Waals surface area contributed by atoms with Crippen LogP contribution in [0.5, 0.6) is 5.75 Å². The van der Waals surface area contributed by atoms with Gasteiger partial charge in [-0.15, -0.1) is 0 Å². The number of ether oxygens (including phenoxy) is 1. The van der Waals surface area contributed by atoms with E-state index in [1.54, 1.807) is 7.05 Å². The highest BCUT2D eigenvalue weighted by atomic mass is 19.3. The van der Waals surface area contributed by atoms with Gasteiger partial charge in [0.2, 0.25) is 0 Å². The molecule has 0 radical (unpaired) electrons. The molecule has 5 rings (SSSR count). The van der Waals surface area contributed by atoms with Crippen molar-refractivity contribution in [2.75, 3.05) is 36.2 Å². The molecule has 0 unspecified atom stereocenters. The van der Waals surface area contributed by atoms with Gasteiger partial charge in [-0.1, -0.05) is 12.1 Å². The highest BCUT2D eigenvalue weighted by Crippen LogP contribution is 2.37. The molecule has 0 bridgehead atoms. The minimum atomic E-state index is -3.28. The first kappa shape index (κ1) is 26.3. The zero-order valence-electron chi connectivity index (χ0n) is 21.5. The molecule has 2 aromatic heterocycles. The summed E-state index contributed by atoms with van der Waals surface area (Å²) in [6.07, 6.45) is 2.69. The molecule has 2 aromatic carbocycles. The number of rotatable bonds is 7. The molecule has 3 heterocycles. The van der Waals surface area contributed by atoms with Crippen LogP contribution in [-0.2, 0) is 12.5 Å². The largest absolute Gasteiger partial charge is 0.495 e. The summed E-state index contributed by atoms with van der Waals surface area (Å²) in [6.45, 7) is 0.594. The Balaban J connectivity index is 1.37. The minimum Gasteiger partial charge on any atom is -0.495 e. The van der Waals surface area contributed by atoms with E-state index >= 15 is 8.78 Å². The summed E-state index contributed by atoms with van der Waals surface area (Å²) in [5.74, 6) is -3.60. The van der Waals surface area contributed by atoms with Gasteiger partial charge in [0.25, 0.3) is 17.7 Å². The van der Waals surface area contributed by atoms with Crippen LogP contribution in [0.15, 0.2) is 67.0 Å². The van der Waals surface area contributed by atoms with E-state index in [0.717, 1.165) is 0 Å². The number of hydrogen-bond acceptors (Lipinski definition) is 7. The number of carbonyl (C=O) groups excluding carboxylic acids is 2. The molecule has 2 amide bonds. The molecule has 0 saturated carbocycles. The van der Waals surface area contributed by atoms with Crippen molar-refractivity contribution >= 4 is 29.0 Å². The highest BCUT2D eigenvalue weighted by molar-refractivity contribution is 6.13. The Hall–Kier alpha value is -5.31. The van der Waals surface area contributed by atoms with Gasteiger partial charge < -0.3 is 20.3 Å². The van der Waals surface area contributed by atoms with Crippen LogP contribution in [0.3, 0.4) is 0 Å². The van der Waals surface area contributed by atoms with Gasteiger partial charge in [-0.3, -0.25) is 14.3 Å². The number of halogens is 2. The number of carbonyl (C=O) groups is 2. The van der Waals surface area contributed by atoms with Crippen LogP contribution in [0.2, 0.25) is 0 Å². The number of nitrogens with zero attached hydrogens (tertiary/aromatic N) is 5. The van der Waals surface area contributed by atoms with Crippen molar-refractivity contribution in [1.82, 2.24) is 14.8 Å². The smallest absolute Gasteiger partial charge is 0.298 e. The number of pyridine rings is 1. The van der Waals surface area contributed by atoms with Gasteiger partial charge in [0.15, 0.2) is 0 Å². The average Bonchev–Trinajstić information content (AvgIpc) is 3.40. The van der Waals surface area contributed by atoms with E-state index < -0.39 is 17.7 Å². The van der Waals surface area contributed by atoms with Crippen LogP contribution in [0.4, 0.5) is 26.0 Å². The maximum absolute atomic E-state index is 15.2. The summed E-state index contributed by atoms with van der Waals surface area (Å²) in [5, 5.41) is 19.0. The average molecular weight is 544 g/mol. The maximum Gasteiger partial charge on any atom is 0.298 e. The SMILES string of the molecule is CNc1cc(C(F)(F)c2ccc(N3CCn4ncc(NC(=O)c5ccc(OC)c(C#N)c5)c4C3=O)cc2)ccn1. The van der Waals surface area contributed by atoms with Gasteiger partial charge in [-0.25, -0.2) is 4.98 Å². The lowest BCUT2D eigenvalue weighted by Crippen LogP contribution is -2.41. The molecule has 1 aliphatic rings. The fourth-order valence-electron chi connectivity index (χ4n) is 4.45. The summed E-state index contributed by atoms with van der Waals surface area (Å²) in [6, 6.07) is 14.4. The molecule has 0 spiro atoms. The molecule has 40 heavy (non-hydrogen) atoms. The zero-order chi connectivity index (χ0) is 28.4. The molecule has 0 saturated heterocycles. The quantitative estimate of drug-likeness (QED) is 0.357. The van der Waals surface area contributed by atoms with Crippen LogP contribution >= 0.6 is 0 Å². The van der Waals surface area contributed by atoms with Crippen molar-refractivity contribution in [3.63, 3.8) is 0 Å². The number of nitriles is 1. The van der Waals surface area contributed by atoms with E-state index in [4.69, 9.17) is 4.74 Å². The first-order valence-corrected chi connectivity index (χ1v) is 12.2. The molecule has 0 fully saturated rings. The second kappa shape index (κ2) is 10.5. The number of aromatic nitrogens is 3. The van der Waals surface area contributed by atoms with Crippen LogP contribution in [0.25, 0.3) is 0 Å². The number of alkyl halides is 2. The summed E-state index contributed by atoms with van der Waals surface area (Å²) in [7, 11) is 3.02. The van der Waals surface area contributed by atoms with Gasteiger partial charge >= 0.3 is 0 Å². The Morgan fingerprint density at radius 2 is 1.88 bits per heavy atom. The number of methoxy groups -OCH3 is 1. The first-order valence-electron chi connectivity index (χ1n) is 12.2. The Labute approximate surface area is 227 Å². The highest BCUT2D eigenvalue weighted by Gasteiger charge is 2.35. The monoisotopic (exact) mass is 543 g/mol. The van der Waals surface area contributed by atoms with Crippen molar-refractivity contribution in [3.05, 3.63) is 94.9 Å². The molecule has 0 aliphatic carbocycles. The fourth-order valence-corrected chi connectivity index (χ4v) is 4.45. The summed E-state index contributed by atoms with van der Waals surface area (Å²) in [5.41, 5.74) is 0.711. The van der Waals surface area contributed by atoms with Gasteiger partial charge in [0.05, 0.1) is 31.1 Å². The van der Waals surface area contributed by atoms with Crippen LogP contribution in [-0.4, -0.2) is 47.3 Å². The topological polar surface area (TPSA) is 125 Å². The third kappa shape index (κ3) is 4.69. The van der Waals surface area contributed by atoms with Crippen molar-refractivity contribution < 1.29 is 23.1 Å². The zero-order valence-corrected chi connectivity index (χ0v) is 21.5. The van der Waals surface area contributed by atoms with Gasteiger partial charge in [0, 0.05) is 42.2 Å². The van der Waals surface area contributed by atoms with Crippen molar-refractivity contribution in [2.45, 2.75) is 12.5 Å². The third-order valence-electron chi connectivity index (χ3n) is 6.57. The molecule has 0 atom stereocenters. The second-order valence-electron chi connectivity index (χ2n) is 8.87. The van der Waals surface area contributed by atoms with E-state index in [9.17, 15) is 14.9 Å². The molecule has 10 nitrogen and oxygen atoms in total. The number of benzene rings is 2. The first-order chi connectivity index (χ1) is 19.3. The Morgan fingerprint density at radius 3 is 2.58 bits per heavy atom. The number of fused-ring (bicyclic) bond motifs is 1. The lowest BCUT2D eigenvalue weighted by atomic mass is 10.0. The number of anilines is 3. The van der Waals surface area contributed by atoms with Crippen molar-refractivity contribution in [2.24, 2.45) is 0 Å². The van der Waals surface area contributed by atoms with E-state index in [2.05, 4.69) is 20.7 Å². The normalized spacial score (nSPS) is 12.9. The standard InChI is InChI=1S/C28H23F2N7O3/c1-32-24-14-20(9-10-33-24)28(29,30)19-4-6-21(7-5-19)36-11-12-37-25(27(36)39)22(16-34-37)35-26(38)17-3-8-23(40-2)18(13-17)15-31/h3-10,13-14,16H,11-12H2,1-2H3,(H,32,33)(H,35,38). The molecule has 4 aromatic rings. The lowest BCUT2D eigenvalue weighted by Gasteiger charge is -2.28. The molecular formula is C28H23F2N7O3. The van der Waals surface area contributed by atoms with E-state index in [0.29, 0.717) is 23.8 Å². The second-order valence-corrected chi connectivity index (χ2v) is 8.87. The Kier molecular flexibility index (Phi) is 6.87. The van der Waals surface area contributed by atoms with E-state index in [1.165, 1.54) is 83.7 Å². The Bertz CT molecular complexity index is 1640. The lowest BCUT2D eigenvalue weighted by molar-refractivity contribution is 0.0428.